The summed E-state index contributed by atoms with van der Waals surface area (Å²) in [5.41, 5.74) is -0.182. The predicted octanol–water partition coefficient (Wildman–Crippen LogP) is 5.07. The zero-order valence-electron chi connectivity index (χ0n) is 15.7. The molecule has 0 amide bonds. The van der Waals surface area contributed by atoms with Gasteiger partial charge >= 0.3 is 5.97 Å². The van der Waals surface area contributed by atoms with Gasteiger partial charge in [0.25, 0.3) is 0 Å². The van der Waals surface area contributed by atoms with Gasteiger partial charge in [-0.1, -0.05) is 59.8 Å². The van der Waals surface area contributed by atoms with Gasteiger partial charge < -0.3 is 9.64 Å². The number of halogens is 1. The number of rotatable bonds is 10. The Kier molecular flexibility index (Phi) is 12.0. The molecule has 23 heavy (non-hydrogen) atoms. The van der Waals surface area contributed by atoms with Gasteiger partial charge in [0.2, 0.25) is 0 Å². The molecule has 0 radical (unpaired) electrons. The van der Waals surface area contributed by atoms with Crippen molar-refractivity contribution in [1.82, 2.24) is 4.90 Å². The molecule has 1 fully saturated rings. The van der Waals surface area contributed by atoms with Gasteiger partial charge in [0, 0.05) is 6.54 Å². The lowest BCUT2D eigenvalue weighted by Crippen LogP contribution is -2.38. The zero-order valence-corrected chi connectivity index (χ0v) is 16.6. The average Bonchev–Trinajstić information content (AvgIpc) is 2.57. The van der Waals surface area contributed by atoms with E-state index >= 15 is 0 Å². The fourth-order valence-corrected chi connectivity index (χ4v) is 3.81. The van der Waals surface area contributed by atoms with Gasteiger partial charge in [-0.25, -0.2) is 0 Å². The van der Waals surface area contributed by atoms with E-state index < -0.39 is 0 Å². The first-order valence-corrected chi connectivity index (χ1v) is 9.51. The third-order valence-electron chi connectivity index (χ3n) is 5.61. The summed E-state index contributed by atoms with van der Waals surface area (Å²) < 4.78 is 5.73. The minimum Gasteiger partial charge on any atom is -0.464 e. The molecule has 4 heteroatoms. The SMILES string of the molecule is CCC(CC)CC1(C(=O)OCCN(CC)CC)CCCCC1.Cl. The molecule has 0 bridgehead atoms. The summed E-state index contributed by atoms with van der Waals surface area (Å²) in [4.78, 5) is 15.1. The van der Waals surface area contributed by atoms with E-state index in [1.807, 2.05) is 0 Å². The number of hydrogen-bond acceptors (Lipinski definition) is 3. The molecule has 1 rings (SSSR count). The Morgan fingerprint density at radius 3 is 2.09 bits per heavy atom. The first-order valence-electron chi connectivity index (χ1n) is 9.51. The van der Waals surface area contributed by atoms with Gasteiger partial charge in [0.05, 0.1) is 5.41 Å². The number of carbonyl (C=O) groups excluding carboxylic acids is 1. The molecule has 0 aromatic carbocycles. The Hall–Kier alpha value is -0.280. The second-order valence-electron chi connectivity index (χ2n) is 6.89. The van der Waals surface area contributed by atoms with Crippen LogP contribution < -0.4 is 0 Å². The average molecular weight is 348 g/mol. The molecular formula is C19H38ClNO2. The van der Waals surface area contributed by atoms with E-state index in [1.165, 1.54) is 32.1 Å². The molecule has 138 valence electrons. The predicted molar refractivity (Wildman–Crippen MR) is 100 cm³/mol. The molecule has 1 aliphatic carbocycles. The maximum absolute atomic E-state index is 12.8. The number of carbonyl (C=O) groups is 1. The van der Waals surface area contributed by atoms with Crippen molar-refractivity contribution in [2.75, 3.05) is 26.2 Å². The Bertz CT molecular complexity index is 308. The lowest BCUT2D eigenvalue weighted by molar-refractivity contribution is -0.160. The van der Waals surface area contributed by atoms with Crippen LogP contribution in [0.1, 0.15) is 79.1 Å². The highest BCUT2D eigenvalue weighted by Gasteiger charge is 2.41. The van der Waals surface area contributed by atoms with Crippen molar-refractivity contribution in [3.05, 3.63) is 0 Å². The molecule has 0 aromatic rings. The number of hydrogen-bond donors (Lipinski definition) is 0. The molecule has 3 nitrogen and oxygen atoms in total. The Labute approximate surface area is 149 Å². The van der Waals surface area contributed by atoms with E-state index in [1.54, 1.807) is 0 Å². The summed E-state index contributed by atoms with van der Waals surface area (Å²) >= 11 is 0. The lowest BCUT2D eigenvalue weighted by atomic mass is 9.68. The fourth-order valence-electron chi connectivity index (χ4n) is 3.81. The summed E-state index contributed by atoms with van der Waals surface area (Å²) in [6.07, 6.45) is 9.09. The van der Waals surface area contributed by atoms with Crippen molar-refractivity contribution >= 4 is 18.4 Å². The number of esters is 1. The van der Waals surface area contributed by atoms with Gasteiger partial charge in [-0.3, -0.25) is 4.79 Å². The lowest BCUT2D eigenvalue weighted by Gasteiger charge is -2.37. The number of likely N-dealkylation sites (N-methyl/N-ethyl adjacent to an activating group) is 1. The molecule has 1 saturated carbocycles. The molecule has 0 spiro atoms. The van der Waals surface area contributed by atoms with Crippen LogP contribution in [-0.4, -0.2) is 37.1 Å². The van der Waals surface area contributed by atoms with Crippen LogP contribution in [0.15, 0.2) is 0 Å². The van der Waals surface area contributed by atoms with Crippen molar-refractivity contribution in [2.24, 2.45) is 11.3 Å². The molecule has 0 atom stereocenters. The van der Waals surface area contributed by atoms with Crippen LogP contribution in [0.3, 0.4) is 0 Å². The molecule has 0 saturated heterocycles. The minimum atomic E-state index is -0.182. The van der Waals surface area contributed by atoms with Crippen molar-refractivity contribution < 1.29 is 9.53 Å². The van der Waals surface area contributed by atoms with E-state index in [2.05, 4.69) is 32.6 Å². The Balaban J connectivity index is 0.00000484. The van der Waals surface area contributed by atoms with Crippen LogP contribution >= 0.6 is 12.4 Å². The van der Waals surface area contributed by atoms with E-state index in [4.69, 9.17) is 4.74 Å². The highest BCUT2D eigenvalue weighted by molar-refractivity contribution is 5.85. The molecule has 0 aromatic heterocycles. The van der Waals surface area contributed by atoms with Crippen molar-refractivity contribution in [3.8, 4) is 0 Å². The minimum absolute atomic E-state index is 0. The number of nitrogens with zero attached hydrogens (tertiary/aromatic N) is 1. The van der Waals surface area contributed by atoms with Crippen LogP contribution in [0.25, 0.3) is 0 Å². The van der Waals surface area contributed by atoms with Crippen LogP contribution in [0.2, 0.25) is 0 Å². The van der Waals surface area contributed by atoms with Gasteiger partial charge in [-0.15, -0.1) is 12.4 Å². The fraction of sp³-hybridized carbons (Fsp3) is 0.947. The van der Waals surface area contributed by atoms with Crippen LogP contribution in [0, 0.1) is 11.3 Å². The summed E-state index contributed by atoms with van der Waals surface area (Å²) in [7, 11) is 0. The third kappa shape index (κ3) is 7.01. The van der Waals surface area contributed by atoms with Crippen LogP contribution in [-0.2, 0) is 9.53 Å². The van der Waals surface area contributed by atoms with E-state index in [-0.39, 0.29) is 23.8 Å². The Morgan fingerprint density at radius 2 is 1.61 bits per heavy atom. The summed E-state index contributed by atoms with van der Waals surface area (Å²) in [6, 6.07) is 0. The molecule has 0 heterocycles. The van der Waals surface area contributed by atoms with E-state index in [0.717, 1.165) is 38.9 Å². The Morgan fingerprint density at radius 1 is 1.04 bits per heavy atom. The number of ether oxygens (including phenoxy) is 1. The van der Waals surface area contributed by atoms with Crippen molar-refractivity contribution in [2.45, 2.75) is 79.1 Å². The van der Waals surface area contributed by atoms with Gasteiger partial charge in [0.15, 0.2) is 0 Å². The zero-order chi connectivity index (χ0) is 16.4. The second kappa shape index (κ2) is 12.1. The highest BCUT2D eigenvalue weighted by atomic mass is 35.5. The largest absolute Gasteiger partial charge is 0.464 e. The summed E-state index contributed by atoms with van der Waals surface area (Å²) in [6.45, 7) is 12.2. The van der Waals surface area contributed by atoms with E-state index in [9.17, 15) is 4.79 Å². The second-order valence-corrected chi connectivity index (χ2v) is 6.89. The van der Waals surface area contributed by atoms with Crippen molar-refractivity contribution in [1.29, 1.82) is 0 Å². The normalized spacial score (nSPS) is 17.1. The van der Waals surface area contributed by atoms with Crippen LogP contribution in [0.4, 0.5) is 0 Å². The first-order chi connectivity index (χ1) is 10.6. The summed E-state index contributed by atoms with van der Waals surface area (Å²) in [5.74, 6) is 0.750. The smallest absolute Gasteiger partial charge is 0.312 e. The molecular weight excluding hydrogens is 310 g/mol. The van der Waals surface area contributed by atoms with E-state index in [0.29, 0.717) is 12.5 Å². The highest BCUT2D eigenvalue weighted by Crippen LogP contribution is 2.43. The molecule has 0 unspecified atom stereocenters. The molecule has 0 aliphatic heterocycles. The molecule has 1 aliphatic rings. The first kappa shape index (κ1) is 22.7. The van der Waals surface area contributed by atoms with Crippen molar-refractivity contribution in [3.63, 3.8) is 0 Å². The quantitative estimate of drug-likeness (QED) is 0.517. The van der Waals surface area contributed by atoms with Gasteiger partial charge in [-0.2, -0.15) is 0 Å². The standard InChI is InChI=1S/C19H37NO2.ClH/c1-5-17(6-2)16-19(12-10-9-11-13-19)18(21)22-15-14-20(7-3)8-4;/h17H,5-16H2,1-4H3;1H. The van der Waals surface area contributed by atoms with Crippen LogP contribution in [0.5, 0.6) is 0 Å². The maximum atomic E-state index is 12.8. The summed E-state index contributed by atoms with van der Waals surface area (Å²) in [5, 5.41) is 0. The monoisotopic (exact) mass is 347 g/mol. The van der Waals surface area contributed by atoms with Gasteiger partial charge in [-0.05, 0) is 38.3 Å². The molecule has 0 N–H and O–H groups in total. The third-order valence-corrected chi connectivity index (χ3v) is 5.61. The topological polar surface area (TPSA) is 29.5 Å². The maximum Gasteiger partial charge on any atom is 0.312 e. The van der Waals surface area contributed by atoms with Gasteiger partial charge in [0.1, 0.15) is 6.61 Å².